The van der Waals surface area contributed by atoms with Gasteiger partial charge < -0.3 is 10.5 Å². The molecule has 1 aliphatic carbocycles. The number of benzene rings is 2. The number of ketones is 2. The number of Topliss-reactive ketones (excluding diaryl/α,β-unsaturated/α-hetero) is 1. The van der Waals surface area contributed by atoms with Gasteiger partial charge in [0, 0.05) is 23.6 Å². The largest absolute Gasteiger partial charge is 0.496 e. The predicted octanol–water partition coefficient (Wildman–Crippen LogP) is 8.40. The zero-order valence-electron chi connectivity index (χ0n) is 24.9. The van der Waals surface area contributed by atoms with Gasteiger partial charge in [0.25, 0.3) is 0 Å². The Balaban J connectivity index is 1.46. The third-order valence-electron chi connectivity index (χ3n) is 8.69. The zero-order chi connectivity index (χ0) is 28.4. The molecule has 0 bridgehead atoms. The monoisotopic (exact) mass is 531 g/mol. The first-order valence-corrected chi connectivity index (χ1v) is 15.0. The molecule has 3 rings (SSSR count). The van der Waals surface area contributed by atoms with Gasteiger partial charge in [0.15, 0.2) is 11.6 Å². The number of anilines is 1. The van der Waals surface area contributed by atoms with Crippen molar-refractivity contribution in [2.45, 2.75) is 98.3 Å². The molecule has 2 N–H and O–H groups in total. The Morgan fingerprint density at radius 2 is 1.72 bits per heavy atom. The number of rotatable bonds is 14. The smallest absolute Gasteiger partial charge is 0.162 e. The molecule has 1 aliphatic rings. The van der Waals surface area contributed by atoms with Crippen LogP contribution in [0.3, 0.4) is 0 Å². The van der Waals surface area contributed by atoms with Crippen LogP contribution in [-0.2, 0) is 17.6 Å². The molecule has 1 atom stereocenters. The number of nitrogens with two attached hydrogens (primary N) is 1. The van der Waals surface area contributed by atoms with E-state index >= 15 is 0 Å². The van der Waals surface area contributed by atoms with Crippen molar-refractivity contribution in [3.63, 3.8) is 0 Å². The molecular formula is C35H49NO3. The highest BCUT2D eigenvalue weighted by molar-refractivity contribution is 5.97. The molecule has 1 saturated carbocycles. The molecule has 39 heavy (non-hydrogen) atoms. The molecule has 2 aromatic carbocycles. The van der Waals surface area contributed by atoms with Gasteiger partial charge in [-0.1, -0.05) is 57.0 Å². The summed E-state index contributed by atoms with van der Waals surface area (Å²) in [5.41, 5.74) is 12.1. The Labute approximate surface area is 236 Å². The van der Waals surface area contributed by atoms with Crippen LogP contribution in [0.2, 0.25) is 0 Å². The van der Waals surface area contributed by atoms with Crippen molar-refractivity contribution < 1.29 is 14.3 Å². The van der Waals surface area contributed by atoms with E-state index < -0.39 is 0 Å². The maximum atomic E-state index is 12.9. The van der Waals surface area contributed by atoms with Crippen LogP contribution in [0.5, 0.6) is 5.75 Å². The van der Waals surface area contributed by atoms with E-state index in [1.807, 2.05) is 30.4 Å². The molecule has 212 valence electrons. The van der Waals surface area contributed by atoms with E-state index in [4.69, 9.17) is 10.5 Å². The molecular weight excluding hydrogens is 482 g/mol. The fourth-order valence-corrected chi connectivity index (χ4v) is 6.55. The second kappa shape index (κ2) is 15.1. The molecule has 4 nitrogen and oxygen atoms in total. The topological polar surface area (TPSA) is 69.4 Å². The van der Waals surface area contributed by atoms with Crippen molar-refractivity contribution in [3.05, 3.63) is 70.3 Å². The molecule has 2 aromatic rings. The Hall–Kier alpha value is -2.88. The lowest BCUT2D eigenvalue weighted by Gasteiger charge is -2.33. The van der Waals surface area contributed by atoms with E-state index in [0.717, 1.165) is 85.1 Å². The molecule has 0 heterocycles. The first kappa shape index (κ1) is 30.7. The number of aryl methyl sites for hydroxylation is 3. The summed E-state index contributed by atoms with van der Waals surface area (Å²) >= 11 is 0. The lowest BCUT2D eigenvalue weighted by atomic mass is 9.72. The highest BCUT2D eigenvalue weighted by atomic mass is 16.5. The number of nitrogen functional groups attached to an aromatic ring is 1. The van der Waals surface area contributed by atoms with Crippen LogP contribution < -0.4 is 10.5 Å². The Morgan fingerprint density at radius 1 is 1.03 bits per heavy atom. The van der Waals surface area contributed by atoms with Crippen LogP contribution in [0.1, 0.15) is 104 Å². The van der Waals surface area contributed by atoms with Crippen molar-refractivity contribution in [2.24, 2.45) is 17.8 Å². The number of hydrogen-bond acceptors (Lipinski definition) is 4. The number of allylic oxidation sites excluding steroid dienone is 2. The van der Waals surface area contributed by atoms with E-state index in [1.54, 1.807) is 7.11 Å². The minimum absolute atomic E-state index is 0.150. The maximum absolute atomic E-state index is 12.9. The zero-order valence-corrected chi connectivity index (χ0v) is 24.9. The summed E-state index contributed by atoms with van der Waals surface area (Å²) in [5.74, 6) is 2.87. The second-order valence-electron chi connectivity index (χ2n) is 11.5. The first-order valence-electron chi connectivity index (χ1n) is 15.0. The van der Waals surface area contributed by atoms with Gasteiger partial charge in [0.2, 0.25) is 0 Å². The van der Waals surface area contributed by atoms with E-state index in [-0.39, 0.29) is 17.5 Å². The molecule has 0 spiro atoms. The summed E-state index contributed by atoms with van der Waals surface area (Å²) < 4.78 is 5.46. The fourth-order valence-electron chi connectivity index (χ4n) is 6.55. The van der Waals surface area contributed by atoms with Gasteiger partial charge >= 0.3 is 0 Å². The number of hydrogen-bond donors (Lipinski definition) is 1. The Morgan fingerprint density at radius 3 is 2.31 bits per heavy atom. The van der Waals surface area contributed by atoms with Gasteiger partial charge in [-0.2, -0.15) is 0 Å². The normalized spacial score (nSPS) is 18.3. The van der Waals surface area contributed by atoms with Gasteiger partial charge in [-0.05, 0) is 111 Å². The van der Waals surface area contributed by atoms with Gasteiger partial charge in [0.1, 0.15) is 5.75 Å². The minimum atomic E-state index is 0.150. The Kier molecular flexibility index (Phi) is 11.8. The summed E-state index contributed by atoms with van der Waals surface area (Å²) in [5, 5.41) is 0. The number of methoxy groups -OCH3 is 1. The van der Waals surface area contributed by atoms with Gasteiger partial charge in [-0.3, -0.25) is 9.59 Å². The molecule has 0 saturated heterocycles. The SMILES string of the molecule is CCCC(CCCC(=O)c1ccc(CC)c(N)c1)C1CCC(C(=O)C=CCc2cc(C)c(OC)c(C)c2)CC1. The van der Waals surface area contributed by atoms with Crippen LogP contribution in [0, 0.1) is 31.6 Å². The van der Waals surface area contributed by atoms with Gasteiger partial charge in [-0.25, -0.2) is 0 Å². The van der Waals surface area contributed by atoms with Crippen molar-refractivity contribution in [1.29, 1.82) is 0 Å². The van der Waals surface area contributed by atoms with Crippen molar-refractivity contribution in [3.8, 4) is 5.75 Å². The number of carbonyl (C=O) groups is 2. The van der Waals surface area contributed by atoms with E-state index in [0.29, 0.717) is 18.3 Å². The second-order valence-corrected chi connectivity index (χ2v) is 11.5. The number of carbonyl (C=O) groups excluding carboxylic acids is 2. The molecule has 1 fully saturated rings. The number of ether oxygens (including phenoxy) is 1. The highest BCUT2D eigenvalue weighted by Crippen LogP contribution is 2.38. The summed E-state index contributed by atoms with van der Waals surface area (Å²) in [6.45, 7) is 8.45. The van der Waals surface area contributed by atoms with Crippen LogP contribution in [0.15, 0.2) is 42.5 Å². The molecule has 1 unspecified atom stereocenters. The van der Waals surface area contributed by atoms with Gasteiger partial charge in [0.05, 0.1) is 7.11 Å². The average Bonchev–Trinajstić information content (AvgIpc) is 2.92. The standard InChI is InChI=1S/C35H49NO3/c1-6-10-28(12-9-14-34(38)31-20-15-27(7-2)32(36)23-31)29-16-18-30(19-17-29)33(37)13-8-11-26-21-24(3)35(39-5)25(4)22-26/h8,13,15,20-23,28-30H,6-7,9-12,14,16-19,36H2,1-5H3. The van der Waals surface area contributed by atoms with Gasteiger partial charge in [-0.15, -0.1) is 0 Å². The van der Waals surface area contributed by atoms with Crippen LogP contribution >= 0.6 is 0 Å². The lowest BCUT2D eigenvalue weighted by molar-refractivity contribution is -0.119. The predicted molar refractivity (Wildman–Crippen MR) is 163 cm³/mol. The highest BCUT2D eigenvalue weighted by Gasteiger charge is 2.29. The van der Waals surface area contributed by atoms with E-state index in [9.17, 15) is 9.59 Å². The van der Waals surface area contributed by atoms with Crippen LogP contribution in [0.4, 0.5) is 5.69 Å². The Bertz CT molecular complexity index is 1120. The summed E-state index contributed by atoms with van der Waals surface area (Å²) in [7, 11) is 1.71. The fraction of sp³-hybridized carbons (Fsp3) is 0.543. The van der Waals surface area contributed by atoms with E-state index in [1.165, 1.54) is 18.4 Å². The van der Waals surface area contributed by atoms with Crippen molar-refractivity contribution >= 4 is 17.3 Å². The van der Waals surface area contributed by atoms with Crippen LogP contribution in [0.25, 0.3) is 0 Å². The third-order valence-corrected chi connectivity index (χ3v) is 8.69. The quantitative estimate of drug-likeness (QED) is 0.151. The minimum Gasteiger partial charge on any atom is -0.496 e. The first-order chi connectivity index (χ1) is 18.8. The summed E-state index contributed by atoms with van der Waals surface area (Å²) in [4.78, 5) is 25.7. The van der Waals surface area contributed by atoms with E-state index in [2.05, 4.69) is 39.8 Å². The third kappa shape index (κ3) is 8.55. The van der Waals surface area contributed by atoms with Crippen LogP contribution in [-0.4, -0.2) is 18.7 Å². The molecule has 0 radical (unpaired) electrons. The molecule has 0 aliphatic heterocycles. The average molecular weight is 532 g/mol. The summed E-state index contributed by atoms with van der Waals surface area (Å²) in [6, 6.07) is 10.0. The molecule has 0 amide bonds. The maximum Gasteiger partial charge on any atom is 0.162 e. The molecule has 0 aromatic heterocycles. The summed E-state index contributed by atoms with van der Waals surface area (Å²) in [6.07, 6.45) is 14.6. The lowest BCUT2D eigenvalue weighted by Crippen LogP contribution is -2.25. The van der Waals surface area contributed by atoms with Crippen molar-refractivity contribution in [2.75, 3.05) is 12.8 Å². The molecule has 4 heteroatoms. The van der Waals surface area contributed by atoms with Crippen molar-refractivity contribution in [1.82, 2.24) is 0 Å².